The Labute approximate surface area is 124 Å². The third-order valence-corrected chi connectivity index (χ3v) is 3.77. The van der Waals surface area contributed by atoms with Crippen molar-refractivity contribution in [3.05, 3.63) is 29.3 Å². The van der Waals surface area contributed by atoms with Gasteiger partial charge in [0.2, 0.25) is 5.91 Å². The average molecular weight is 290 g/mol. The highest BCUT2D eigenvalue weighted by Gasteiger charge is 2.26. The van der Waals surface area contributed by atoms with Crippen molar-refractivity contribution >= 4 is 17.5 Å². The lowest BCUT2D eigenvalue weighted by atomic mass is 9.84. The normalized spacial score (nSPS) is 15.3. The van der Waals surface area contributed by atoms with Gasteiger partial charge in [-0.25, -0.2) is 0 Å². The van der Waals surface area contributed by atoms with E-state index >= 15 is 0 Å². The second kappa shape index (κ2) is 5.85. The summed E-state index contributed by atoms with van der Waals surface area (Å²) in [7, 11) is 0. The zero-order valence-electron chi connectivity index (χ0n) is 12.7. The number of benzene rings is 1. The number of hydrogen-bond acceptors (Lipinski definition) is 3. The molecule has 0 fully saturated rings. The molecule has 0 spiro atoms. The molecule has 1 atom stereocenters. The highest BCUT2D eigenvalue weighted by molar-refractivity contribution is 6.02. The minimum absolute atomic E-state index is 0.0302. The predicted molar refractivity (Wildman–Crippen MR) is 81.2 cm³/mol. The van der Waals surface area contributed by atoms with Crippen LogP contribution in [-0.4, -0.2) is 29.6 Å². The second-order valence-electron chi connectivity index (χ2n) is 6.50. The van der Waals surface area contributed by atoms with Crippen molar-refractivity contribution in [1.29, 1.82) is 0 Å². The van der Waals surface area contributed by atoms with E-state index in [2.05, 4.69) is 10.6 Å². The minimum Gasteiger partial charge on any atom is -0.396 e. The quantitative estimate of drug-likeness (QED) is 0.790. The van der Waals surface area contributed by atoms with Gasteiger partial charge in [0, 0.05) is 23.9 Å². The van der Waals surface area contributed by atoms with Crippen LogP contribution in [0.25, 0.3) is 0 Å². The Morgan fingerprint density at radius 3 is 2.76 bits per heavy atom. The Bertz CT molecular complexity index is 561. The molecule has 2 amide bonds. The number of carbonyl (C=O) groups is 2. The number of hydrogen-bond donors (Lipinski definition) is 3. The summed E-state index contributed by atoms with van der Waals surface area (Å²) in [6, 6.07) is 5.12. The lowest BCUT2D eigenvalue weighted by molar-refractivity contribution is -0.115. The molecular weight excluding hydrogens is 268 g/mol. The molecule has 1 aromatic rings. The molecule has 1 heterocycles. The van der Waals surface area contributed by atoms with Gasteiger partial charge >= 0.3 is 0 Å². The summed E-state index contributed by atoms with van der Waals surface area (Å²) in [6.45, 7) is 6.10. The maximum absolute atomic E-state index is 12.4. The van der Waals surface area contributed by atoms with Crippen molar-refractivity contribution in [2.45, 2.75) is 39.7 Å². The van der Waals surface area contributed by atoms with Crippen LogP contribution in [0.15, 0.2) is 18.2 Å². The first-order chi connectivity index (χ1) is 9.81. The molecule has 114 valence electrons. The predicted octanol–water partition coefficient (Wildman–Crippen LogP) is 1.71. The zero-order valence-corrected chi connectivity index (χ0v) is 12.7. The average Bonchev–Trinajstić information content (AvgIpc) is 2.75. The molecule has 0 aliphatic carbocycles. The molecule has 2 rings (SSSR count). The first-order valence-electron chi connectivity index (χ1n) is 7.16. The first-order valence-corrected chi connectivity index (χ1v) is 7.16. The molecule has 1 aromatic carbocycles. The number of fused-ring (bicyclic) bond motifs is 1. The summed E-state index contributed by atoms with van der Waals surface area (Å²) in [6.07, 6.45) is 0.878. The number of anilines is 1. The summed E-state index contributed by atoms with van der Waals surface area (Å²) in [5, 5.41) is 14.8. The fraction of sp³-hybridized carbons (Fsp3) is 0.500. The van der Waals surface area contributed by atoms with Gasteiger partial charge in [0.05, 0.1) is 6.42 Å². The van der Waals surface area contributed by atoms with Crippen molar-refractivity contribution in [2.75, 3.05) is 11.9 Å². The Morgan fingerprint density at radius 1 is 1.43 bits per heavy atom. The molecule has 0 aromatic heterocycles. The van der Waals surface area contributed by atoms with Gasteiger partial charge < -0.3 is 15.7 Å². The van der Waals surface area contributed by atoms with Crippen LogP contribution >= 0.6 is 0 Å². The van der Waals surface area contributed by atoms with Crippen LogP contribution in [0.5, 0.6) is 0 Å². The van der Waals surface area contributed by atoms with Gasteiger partial charge in [-0.2, -0.15) is 0 Å². The summed E-state index contributed by atoms with van der Waals surface area (Å²) in [5.41, 5.74) is 2.01. The maximum Gasteiger partial charge on any atom is 0.251 e. The van der Waals surface area contributed by atoms with Gasteiger partial charge in [0.25, 0.3) is 5.91 Å². The molecule has 5 heteroatoms. The monoisotopic (exact) mass is 290 g/mol. The maximum atomic E-state index is 12.4. The Morgan fingerprint density at radius 2 is 2.14 bits per heavy atom. The highest BCUT2D eigenvalue weighted by atomic mass is 16.3. The standard InChI is InChI=1S/C16H22N2O3/c1-16(2,3)13(6-7-19)18-15(21)11-5-4-10-9-14(20)17-12(10)8-11/h4-5,8,13,19H,6-7,9H2,1-3H3,(H,17,20)(H,18,21). The largest absolute Gasteiger partial charge is 0.396 e. The molecule has 1 aliphatic heterocycles. The number of rotatable bonds is 4. The fourth-order valence-corrected chi connectivity index (χ4v) is 2.45. The molecule has 0 radical (unpaired) electrons. The number of amides is 2. The Hall–Kier alpha value is -1.88. The highest BCUT2D eigenvalue weighted by Crippen LogP contribution is 2.25. The van der Waals surface area contributed by atoms with Crippen LogP contribution in [-0.2, 0) is 11.2 Å². The van der Waals surface area contributed by atoms with Crippen LogP contribution in [0.1, 0.15) is 43.1 Å². The van der Waals surface area contributed by atoms with Gasteiger partial charge in [-0.3, -0.25) is 9.59 Å². The van der Waals surface area contributed by atoms with Crippen LogP contribution in [0, 0.1) is 5.41 Å². The molecule has 0 saturated carbocycles. The van der Waals surface area contributed by atoms with E-state index in [1.165, 1.54) is 0 Å². The van der Waals surface area contributed by atoms with Crippen molar-refractivity contribution in [2.24, 2.45) is 5.41 Å². The molecule has 3 N–H and O–H groups in total. The third kappa shape index (κ3) is 3.61. The van der Waals surface area contributed by atoms with E-state index in [0.717, 1.165) is 5.56 Å². The zero-order chi connectivity index (χ0) is 15.6. The fourth-order valence-electron chi connectivity index (χ4n) is 2.45. The van der Waals surface area contributed by atoms with Crippen LogP contribution in [0.4, 0.5) is 5.69 Å². The molecule has 1 aliphatic rings. The SMILES string of the molecule is CC(C)(C)C(CCO)NC(=O)c1ccc2c(c1)NC(=O)C2. The second-order valence-corrected chi connectivity index (χ2v) is 6.50. The van der Waals surface area contributed by atoms with E-state index < -0.39 is 0 Å². The smallest absolute Gasteiger partial charge is 0.251 e. The lowest BCUT2D eigenvalue weighted by Gasteiger charge is -2.31. The summed E-state index contributed by atoms with van der Waals surface area (Å²) in [4.78, 5) is 23.7. The number of aliphatic hydroxyl groups excluding tert-OH is 1. The van der Waals surface area contributed by atoms with E-state index in [-0.39, 0.29) is 29.9 Å². The van der Waals surface area contributed by atoms with Crippen LogP contribution < -0.4 is 10.6 Å². The van der Waals surface area contributed by atoms with Crippen LogP contribution in [0.3, 0.4) is 0 Å². The lowest BCUT2D eigenvalue weighted by Crippen LogP contribution is -2.44. The van der Waals surface area contributed by atoms with Gasteiger partial charge in [0.1, 0.15) is 0 Å². The third-order valence-electron chi connectivity index (χ3n) is 3.77. The summed E-state index contributed by atoms with van der Waals surface area (Å²) >= 11 is 0. The first kappa shape index (κ1) is 15.5. The van der Waals surface area contributed by atoms with Crippen molar-refractivity contribution in [3.8, 4) is 0 Å². The van der Waals surface area contributed by atoms with E-state index in [1.807, 2.05) is 20.8 Å². The van der Waals surface area contributed by atoms with Crippen molar-refractivity contribution in [3.63, 3.8) is 0 Å². The van der Waals surface area contributed by atoms with E-state index in [0.29, 0.717) is 24.1 Å². The molecule has 1 unspecified atom stereocenters. The minimum atomic E-state index is -0.188. The van der Waals surface area contributed by atoms with E-state index in [1.54, 1.807) is 18.2 Å². The summed E-state index contributed by atoms with van der Waals surface area (Å²) < 4.78 is 0. The summed E-state index contributed by atoms with van der Waals surface area (Å²) in [5.74, 6) is -0.234. The van der Waals surface area contributed by atoms with Crippen molar-refractivity contribution in [1.82, 2.24) is 5.32 Å². The number of aliphatic hydroxyl groups is 1. The molecular formula is C16H22N2O3. The number of carbonyl (C=O) groups excluding carboxylic acids is 2. The molecule has 21 heavy (non-hydrogen) atoms. The number of nitrogens with one attached hydrogen (secondary N) is 2. The molecule has 0 bridgehead atoms. The van der Waals surface area contributed by atoms with Gasteiger partial charge in [-0.05, 0) is 29.5 Å². The molecule has 0 saturated heterocycles. The molecule has 5 nitrogen and oxygen atoms in total. The van der Waals surface area contributed by atoms with E-state index in [9.17, 15) is 9.59 Å². The van der Waals surface area contributed by atoms with Gasteiger partial charge in [0.15, 0.2) is 0 Å². The van der Waals surface area contributed by atoms with Gasteiger partial charge in [-0.1, -0.05) is 26.8 Å². The Balaban J connectivity index is 2.13. The van der Waals surface area contributed by atoms with E-state index in [4.69, 9.17) is 5.11 Å². The van der Waals surface area contributed by atoms with Crippen molar-refractivity contribution < 1.29 is 14.7 Å². The topological polar surface area (TPSA) is 78.4 Å². The van der Waals surface area contributed by atoms with Gasteiger partial charge in [-0.15, -0.1) is 0 Å². The van der Waals surface area contributed by atoms with Crippen LogP contribution in [0.2, 0.25) is 0 Å². The Kier molecular flexibility index (Phi) is 4.32.